The summed E-state index contributed by atoms with van der Waals surface area (Å²) >= 11 is 0. The van der Waals surface area contributed by atoms with Gasteiger partial charge in [0.25, 0.3) is 0 Å². The molecule has 2 heterocycles. The lowest BCUT2D eigenvalue weighted by Gasteiger charge is -2.44. The fourth-order valence-corrected chi connectivity index (χ4v) is 5.15. The zero-order chi connectivity index (χ0) is 22.3. The Bertz CT molecular complexity index is 980. The van der Waals surface area contributed by atoms with Crippen LogP contribution in [0.3, 0.4) is 0 Å². The summed E-state index contributed by atoms with van der Waals surface area (Å²) in [5, 5.41) is 3.04. The van der Waals surface area contributed by atoms with E-state index >= 15 is 0 Å². The molecule has 1 amide bonds. The van der Waals surface area contributed by atoms with Crippen molar-refractivity contribution in [3.8, 4) is 5.75 Å². The summed E-state index contributed by atoms with van der Waals surface area (Å²) in [6.45, 7) is 16.5. The molecule has 31 heavy (non-hydrogen) atoms. The molecular formula is C26H35N3O2. The average molecular weight is 422 g/mol. The molecule has 2 atom stereocenters. The van der Waals surface area contributed by atoms with Crippen molar-refractivity contribution in [1.82, 2.24) is 4.90 Å². The minimum absolute atomic E-state index is 0.0307. The molecule has 0 radical (unpaired) electrons. The highest BCUT2D eigenvalue weighted by atomic mass is 16.5. The van der Waals surface area contributed by atoms with Gasteiger partial charge in [-0.2, -0.15) is 0 Å². The first-order valence-electron chi connectivity index (χ1n) is 11.3. The van der Waals surface area contributed by atoms with Crippen molar-refractivity contribution in [2.75, 3.05) is 36.4 Å². The van der Waals surface area contributed by atoms with Crippen LogP contribution in [0.15, 0.2) is 30.3 Å². The summed E-state index contributed by atoms with van der Waals surface area (Å²) in [4.78, 5) is 16.8. The van der Waals surface area contributed by atoms with Gasteiger partial charge in [0.1, 0.15) is 11.4 Å². The average Bonchev–Trinajstić information content (AvgIpc) is 3.14. The van der Waals surface area contributed by atoms with Crippen molar-refractivity contribution in [3.05, 3.63) is 52.6 Å². The van der Waals surface area contributed by atoms with Crippen LogP contribution < -0.4 is 15.0 Å². The van der Waals surface area contributed by atoms with Crippen LogP contribution in [-0.2, 0) is 11.2 Å². The number of fused-ring (bicyclic) bond motifs is 1. The van der Waals surface area contributed by atoms with Gasteiger partial charge >= 0.3 is 0 Å². The largest absolute Gasteiger partial charge is 0.485 e. The first-order valence-corrected chi connectivity index (χ1v) is 11.3. The highest BCUT2D eigenvalue weighted by Gasteiger charge is 2.44. The third-order valence-electron chi connectivity index (χ3n) is 7.41. The number of piperazine rings is 1. The number of para-hydroxylation sites is 1. The molecule has 1 N–H and O–H groups in total. The van der Waals surface area contributed by atoms with Crippen LogP contribution in [0, 0.1) is 20.8 Å². The van der Waals surface area contributed by atoms with E-state index in [1.54, 1.807) is 6.92 Å². The molecule has 1 saturated heterocycles. The summed E-state index contributed by atoms with van der Waals surface area (Å²) in [6.07, 6.45) is 0.863. The van der Waals surface area contributed by atoms with Crippen LogP contribution in [0.1, 0.15) is 43.0 Å². The van der Waals surface area contributed by atoms with Crippen LogP contribution in [0.2, 0.25) is 0 Å². The number of nitrogens with zero attached hydrogens (tertiary/aromatic N) is 2. The molecule has 2 aliphatic rings. The Morgan fingerprint density at radius 1 is 1.03 bits per heavy atom. The first-order chi connectivity index (χ1) is 14.7. The maximum atomic E-state index is 11.7. The third kappa shape index (κ3) is 3.91. The third-order valence-corrected chi connectivity index (χ3v) is 7.41. The van der Waals surface area contributed by atoms with Crippen LogP contribution in [-0.4, -0.2) is 48.6 Å². The van der Waals surface area contributed by atoms with Crippen LogP contribution in [0.25, 0.3) is 0 Å². The second-order valence-electron chi connectivity index (χ2n) is 9.36. The van der Waals surface area contributed by atoms with E-state index in [2.05, 4.69) is 80.1 Å². The molecule has 0 spiro atoms. The molecule has 0 bridgehead atoms. The van der Waals surface area contributed by atoms with E-state index < -0.39 is 0 Å². The predicted molar refractivity (Wildman–Crippen MR) is 127 cm³/mol. The zero-order valence-electron chi connectivity index (χ0n) is 19.7. The molecule has 2 aromatic rings. The maximum Gasteiger partial charge on any atom is 0.221 e. The van der Waals surface area contributed by atoms with Gasteiger partial charge in [-0.25, -0.2) is 0 Å². The van der Waals surface area contributed by atoms with Crippen LogP contribution >= 0.6 is 0 Å². The van der Waals surface area contributed by atoms with E-state index in [4.69, 9.17) is 4.74 Å². The SMILES string of the molecule is CC(=O)Nc1c(C)c(C)c2c(c1C)CC(C)(C(C)N1CCN(c3ccccc3)CC1)O2. The molecule has 1 fully saturated rings. The topological polar surface area (TPSA) is 44.8 Å². The van der Waals surface area contributed by atoms with E-state index in [-0.39, 0.29) is 11.5 Å². The Hall–Kier alpha value is -2.53. The number of nitrogens with one attached hydrogen (secondary N) is 1. The van der Waals surface area contributed by atoms with Gasteiger partial charge in [-0.05, 0) is 63.4 Å². The second-order valence-corrected chi connectivity index (χ2v) is 9.36. The van der Waals surface area contributed by atoms with Crippen molar-refractivity contribution in [2.24, 2.45) is 0 Å². The van der Waals surface area contributed by atoms with Gasteiger partial charge in [-0.1, -0.05) is 18.2 Å². The van der Waals surface area contributed by atoms with Gasteiger partial charge < -0.3 is 15.0 Å². The number of ether oxygens (including phenoxy) is 1. The van der Waals surface area contributed by atoms with Gasteiger partial charge in [0.15, 0.2) is 0 Å². The number of anilines is 2. The van der Waals surface area contributed by atoms with E-state index in [1.807, 2.05) is 0 Å². The fourth-order valence-electron chi connectivity index (χ4n) is 5.15. The van der Waals surface area contributed by atoms with Gasteiger partial charge in [0.05, 0.1) is 0 Å². The lowest BCUT2D eigenvalue weighted by Crippen LogP contribution is -2.58. The lowest BCUT2D eigenvalue weighted by molar-refractivity contribution is -0.114. The van der Waals surface area contributed by atoms with E-state index in [9.17, 15) is 4.79 Å². The zero-order valence-corrected chi connectivity index (χ0v) is 19.7. The van der Waals surface area contributed by atoms with Crippen molar-refractivity contribution < 1.29 is 9.53 Å². The highest BCUT2D eigenvalue weighted by Crippen LogP contribution is 2.46. The van der Waals surface area contributed by atoms with E-state index in [0.29, 0.717) is 6.04 Å². The number of amides is 1. The minimum atomic E-state index is -0.284. The molecule has 5 heteroatoms. The first kappa shape index (κ1) is 21.7. The lowest BCUT2D eigenvalue weighted by atomic mass is 9.87. The summed E-state index contributed by atoms with van der Waals surface area (Å²) in [5.41, 5.74) is 6.57. The van der Waals surface area contributed by atoms with E-state index in [1.165, 1.54) is 11.3 Å². The minimum Gasteiger partial charge on any atom is -0.485 e. The predicted octanol–water partition coefficient (Wildman–Crippen LogP) is 4.47. The molecule has 0 aliphatic carbocycles. The second kappa shape index (κ2) is 8.19. The molecule has 0 saturated carbocycles. The Kier molecular flexibility index (Phi) is 5.73. The van der Waals surface area contributed by atoms with Gasteiger partial charge in [-0.15, -0.1) is 0 Å². The smallest absolute Gasteiger partial charge is 0.221 e. The molecule has 166 valence electrons. The number of carbonyl (C=O) groups excluding carboxylic acids is 1. The number of rotatable bonds is 4. The molecule has 2 aromatic carbocycles. The van der Waals surface area contributed by atoms with Gasteiger partial charge in [0, 0.05) is 62.5 Å². The fraction of sp³-hybridized carbons (Fsp3) is 0.500. The van der Waals surface area contributed by atoms with Crippen molar-refractivity contribution in [2.45, 2.75) is 59.6 Å². The summed E-state index contributed by atoms with van der Waals surface area (Å²) in [7, 11) is 0. The Balaban J connectivity index is 1.52. The molecule has 0 aromatic heterocycles. The highest BCUT2D eigenvalue weighted by molar-refractivity contribution is 5.91. The Morgan fingerprint density at radius 3 is 2.29 bits per heavy atom. The van der Waals surface area contributed by atoms with Gasteiger partial charge in [-0.3, -0.25) is 9.69 Å². The van der Waals surface area contributed by atoms with E-state index in [0.717, 1.165) is 60.7 Å². The molecule has 2 unspecified atom stereocenters. The summed E-state index contributed by atoms with van der Waals surface area (Å²) < 4.78 is 6.71. The number of hydrogen-bond acceptors (Lipinski definition) is 4. The maximum absolute atomic E-state index is 11.7. The van der Waals surface area contributed by atoms with Gasteiger partial charge in [0.2, 0.25) is 5.91 Å². The molecular weight excluding hydrogens is 386 g/mol. The number of benzene rings is 2. The molecule has 5 nitrogen and oxygen atoms in total. The monoisotopic (exact) mass is 421 g/mol. The number of carbonyl (C=O) groups is 1. The quantitative estimate of drug-likeness (QED) is 0.791. The molecule has 4 rings (SSSR count). The standard InChI is InChI=1S/C26H35N3O2/c1-17-18(2)25-23(19(3)24(17)27-21(5)30)16-26(6,31-25)20(4)28-12-14-29(15-13-28)22-10-8-7-9-11-22/h7-11,20H,12-16H2,1-6H3,(H,27,30). The van der Waals surface area contributed by atoms with Crippen LogP contribution in [0.4, 0.5) is 11.4 Å². The Labute approximate surface area is 186 Å². The normalized spacial score (nSPS) is 22.1. The van der Waals surface area contributed by atoms with Crippen LogP contribution in [0.5, 0.6) is 5.75 Å². The van der Waals surface area contributed by atoms with Crippen molar-refractivity contribution in [1.29, 1.82) is 0 Å². The van der Waals surface area contributed by atoms with Crippen molar-refractivity contribution in [3.63, 3.8) is 0 Å². The summed E-state index contributed by atoms with van der Waals surface area (Å²) in [6, 6.07) is 11.0. The number of hydrogen-bond donors (Lipinski definition) is 1. The summed E-state index contributed by atoms with van der Waals surface area (Å²) in [5.74, 6) is 0.984. The Morgan fingerprint density at radius 2 is 1.68 bits per heavy atom. The molecule has 2 aliphatic heterocycles. The van der Waals surface area contributed by atoms with Crippen molar-refractivity contribution >= 4 is 17.3 Å².